The number of carbonyl (C=O) groups is 1. The molecule has 0 saturated heterocycles. The van der Waals surface area contributed by atoms with E-state index in [1.807, 2.05) is 61.5 Å². The first kappa shape index (κ1) is 21.2. The first-order chi connectivity index (χ1) is 16.1. The Morgan fingerprint density at radius 1 is 0.879 bits per heavy atom. The van der Waals surface area contributed by atoms with Crippen molar-refractivity contribution in [3.05, 3.63) is 72.4 Å². The van der Waals surface area contributed by atoms with Crippen LogP contribution in [-0.4, -0.2) is 42.1 Å². The molecular formula is C27H29N5O. The summed E-state index contributed by atoms with van der Waals surface area (Å²) >= 11 is 0. The average molecular weight is 440 g/mol. The number of anilines is 2. The van der Waals surface area contributed by atoms with Gasteiger partial charge in [-0.3, -0.25) is 4.79 Å². The van der Waals surface area contributed by atoms with Crippen LogP contribution in [0.15, 0.2) is 66.9 Å². The Hall–Kier alpha value is -3.67. The maximum absolute atomic E-state index is 13.5. The lowest BCUT2D eigenvalue weighted by atomic mass is 9.90. The minimum Gasteiger partial charge on any atom is -0.363 e. The maximum atomic E-state index is 13.5. The summed E-state index contributed by atoms with van der Waals surface area (Å²) in [4.78, 5) is 24.4. The fourth-order valence-corrected chi connectivity index (χ4v) is 4.75. The van der Waals surface area contributed by atoms with Crippen molar-refractivity contribution in [1.82, 2.24) is 15.3 Å². The SMILES string of the molecule is CN(C)c1ccnc(N[C@H]2CC[C@@H](NC(=O)c3c4ccccc4cc4ccccc34)CC2)n1. The molecule has 6 nitrogen and oxygen atoms in total. The van der Waals surface area contributed by atoms with Gasteiger partial charge in [0.15, 0.2) is 0 Å². The van der Waals surface area contributed by atoms with Crippen molar-refractivity contribution in [3.8, 4) is 0 Å². The number of benzene rings is 3. The average Bonchev–Trinajstić information content (AvgIpc) is 2.83. The molecule has 4 aromatic rings. The number of hydrogen-bond acceptors (Lipinski definition) is 5. The van der Waals surface area contributed by atoms with E-state index in [4.69, 9.17) is 0 Å². The van der Waals surface area contributed by atoms with Gasteiger partial charge in [0.25, 0.3) is 5.91 Å². The second-order valence-electron chi connectivity index (χ2n) is 8.99. The second kappa shape index (κ2) is 9.06. The molecule has 0 radical (unpaired) electrons. The standard InChI is InChI=1S/C27H29N5O/c1-32(2)24-15-16-28-27(31-24)30-21-13-11-20(12-14-21)29-26(33)25-22-9-5-3-7-18(22)17-19-8-4-6-10-23(19)25/h3-10,15-17,20-21H,11-14H2,1-2H3,(H,29,33)(H,28,30,31)/t20-,21+. The van der Waals surface area contributed by atoms with Crippen LogP contribution in [0.5, 0.6) is 0 Å². The number of fused-ring (bicyclic) bond motifs is 2. The van der Waals surface area contributed by atoms with E-state index in [9.17, 15) is 4.79 Å². The Bertz CT molecular complexity index is 1240. The summed E-state index contributed by atoms with van der Waals surface area (Å²) in [5.41, 5.74) is 0.776. The topological polar surface area (TPSA) is 70.2 Å². The van der Waals surface area contributed by atoms with Gasteiger partial charge in [0.2, 0.25) is 5.95 Å². The smallest absolute Gasteiger partial charge is 0.252 e. The molecule has 6 heteroatoms. The third-order valence-electron chi connectivity index (χ3n) is 6.49. The zero-order chi connectivity index (χ0) is 22.8. The molecule has 3 aromatic carbocycles. The molecule has 1 aliphatic rings. The number of carbonyl (C=O) groups excluding carboxylic acids is 1. The molecule has 2 N–H and O–H groups in total. The lowest BCUT2D eigenvalue weighted by molar-refractivity contribution is 0.0930. The van der Waals surface area contributed by atoms with Gasteiger partial charge < -0.3 is 15.5 Å². The highest BCUT2D eigenvalue weighted by atomic mass is 16.1. The zero-order valence-corrected chi connectivity index (χ0v) is 19.1. The monoisotopic (exact) mass is 439 g/mol. The first-order valence-corrected chi connectivity index (χ1v) is 11.6. The molecule has 1 aromatic heterocycles. The van der Waals surface area contributed by atoms with Crippen LogP contribution in [0.2, 0.25) is 0 Å². The second-order valence-corrected chi connectivity index (χ2v) is 8.99. The minimum absolute atomic E-state index is 0.0152. The fourth-order valence-electron chi connectivity index (χ4n) is 4.75. The summed E-state index contributed by atoms with van der Waals surface area (Å²) in [6.07, 6.45) is 5.58. The lowest BCUT2D eigenvalue weighted by Gasteiger charge is -2.30. The van der Waals surface area contributed by atoms with Gasteiger partial charge in [-0.25, -0.2) is 4.98 Å². The Balaban J connectivity index is 1.28. The van der Waals surface area contributed by atoms with Crippen molar-refractivity contribution in [2.75, 3.05) is 24.3 Å². The first-order valence-electron chi connectivity index (χ1n) is 11.6. The minimum atomic E-state index is 0.0152. The highest BCUT2D eigenvalue weighted by Crippen LogP contribution is 2.29. The third kappa shape index (κ3) is 4.46. The quantitative estimate of drug-likeness (QED) is 0.428. The van der Waals surface area contributed by atoms with Crippen LogP contribution in [0, 0.1) is 0 Å². The molecule has 0 aliphatic heterocycles. The third-order valence-corrected chi connectivity index (χ3v) is 6.49. The Kier molecular flexibility index (Phi) is 5.82. The number of amides is 1. The van der Waals surface area contributed by atoms with Crippen LogP contribution in [-0.2, 0) is 0 Å². The van der Waals surface area contributed by atoms with Crippen molar-refractivity contribution in [3.63, 3.8) is 0 Å². The molecular weight excluding hydrogens is 410 g/mol. The summed E-state index contributed by atoms with van der Waals surface area (Å²) in [7, 11) is 3.94. The number of hydrogen-bond donors (Lipinski definition) is 2. The van der Waals surface area contributed by atoms with E-state index in [2.05, 4.69) is 38.8 Å². The predicted molar refractivity (Wildman–Crippen MR) is 135 cm³/mol. The molecule has 33 heavy (non-hydrogen) atoms. The van der Waals surface area contributed by atoms with Crippen molar-refractivity contribution in [2.45, 2.75) is 37.8 Å². The normalized spacial score (nSPS) is 18.2. The van der Waals surface area contributed by atoms with E-state index in [0.717, 1.165) is 58.6 Å². The molecule has 0 atom stereocenters. The van der Waals surface area contributed by atoms with E-state index in [1.165, 1.54) is 0 Å². The molecule has 0 spiro atoms. The number of aromatic nitrogens is 2. The largest absolute Gasteiger partial charge is 0.363 e. The number of rotatable bonds is 5. The van der Waals surface area contributed by atoms with E-state index < -0.39 is 0 Å². The van der Waals surface area contributed by atoms with Crippen LogP contribution in [0.25, 0.3) is 21.5 Å². The lowest BCUT2D eigenvalue weighted by Crippen LogP contribution is -2.40. The number of nitrogens with zero attached hydrogens (tertiary/aromatic N) is 3. The number of nitrogens with one attached hydrogen (secondary N) is 2. The van der Waals surface area contributed by atoms with Crippen LogP contribution >= 0.6 is 0 Å². The fraction of sp³-hybridized carbons (Fsp3) is 0.296. The van der Waals surface area contributed by atoms with Crippen molar-refractivity contribution in [1.29, 1.82) is 0 Å². The van der Waals surface area contributed by atoms with E-state index in [0.29, 0.717) is 12.0 Å². The summed E-state index contributed by atoms with van der Waals surface area (Å²) in [5, 5.41) is 11.0. The molecule has 168 valence electrons. The van der Waals surface area contributed by atoms with Crippen molar-refractivity contribution < 1.29 is 4.79 Å². The Labute approximate surface area is 194 Å². The van der Waals surface area contributed by atoms with Gasteiger partial charge in [-0.1, -0.05) is 48.5 Å². The zero-order valence-electron chi connectivity index (χ0n) is 19.1. The maximum Gasteiger partial charge on any atom is 0.252 e. The highest BCUT2D eigenvalue weighted by Gasteiger charge is 2.24. The van der Waals surface area contributed by atoms with Gasteiger partial charge in [0.1, 0.15) is 5.82 Å². The van der Waals surface area contributed by atoms with Gasteiger partial charge in [0, 0.05) is 32.4 Å². The summed E-state index contributed by atoms with van der Waals surface area (Å²) in [6, 6.07) is 20.8. The van der Waals surface area contributed by atoms with E-state index >= 15 is 0 Å². The highest BCUT2D eigenvalue weighted by molar-refractivity contribution is 6.18. The van der Waals surface area contributed by atoms with Gasteiger partial charge in [-0.2, -0.15) is 4.98 Å². The van der Waals surface area contributed by atoms with Gasteiger partial charge >= 0.3 is 0 Å². The molecule has 0 unspecified atom stereocenters. The molecule has 5 rings (SSSR count). The van der Waals surface area contributed by atoms with Crippen LogP contribution in [0.1, 0.15) is 36.0 Å². The van der Waals surface area contributed by atoms with E-state index in [-0.39, 0.29) is 11.9 Å². The summed E-state index contributed by atoms with van der Waals surface area (Å²) in [5.74, 6) is 1.56. The molecule has 1 fully saturated rings. The van der Waals surface area contributed by atoms with Crippen LogP contribution < -0.4 is 15.5 Å². The predicted octanol–water partition coefficient (Wildman–Crippen LogP) is 5.00. The van der Waals surface area contributed by atoms with Crippen LogP contribution in [0.4, 0.5) is 11.8 Å². The Morgan fingerprint density at radius 2 is 1.48 bits per heavy atom. The molecule has 1 heterocycles. The molecule has 0 bridgehead atoms. The summed E-state index contributed by atoms with van der Waals surface area (Å²) in [6.45, 7) is 0. The van der Waals surface area contributed by atoms with Crippen molar-refractivity contribution >= 4 is 39.2 Å². The van der Waals surface area contributed by atoms with E-state index in [1.54, 1.807) is 6.20 Å². The van der Waals surface area contributed by atoms with Crippen LogP contribution in [0.3, 0.4) is 0 Å². The van der Waals surface area contributed by atoms with Gasteiger partial charge in [-0.15, -0.1) is 0 Å². The van der Waals surface area contributed by atoms with Gasteiger partial charge in [-0.05, 0) is 59.4 Å². The summed E-state index contributed by atoms with van der Waals surface area (Å²) < 4.78 is 0. The molecule has 1 saturated carbocycles. The molecule has 1 amide bonds. The molecule has 1 aliphatic carbocycles. The Morgan fingerprint density at radius 3 is 2.12 bits per heavy atom. The van der Waals surface area contributed by atoms with Gasteiger partial charge in [0.05, 0.1) is 5.56 Å². The van der Waals surface area contributed by atoms with Crippen molar-refractivity contribution in [2.24, 2.45) is 0 Å².